The van der Waals surface area contributed by atoms with Gasteiger partial charge in [0.05, 0.1) is 19.3 Å². The Labute approximate surface area is 131 Å². The molecule has 1 aromatic rings. The fourth-order valence-electron chi connectivity index (χ4n) is 1.88. The van der Waals surface area contributed by atoms with E-state index in [1.54, 1.807) is 52.0 Å². The van der Waals surface area contributed by atoms with Crippen molar-refractivity contribution in [2.75, 3.05) is 7.11 Å². The number of aliphatic hydroxyl groups is 2. The van der Waals surface area contributed by atoms with E-state index < -0.39 is 31.8 Å². The summed E-state index contributed by atoms with van der Waals surface area (Å²) in [4.78, 5) is 0. The average molecular weight is 332 g/mol. The van der Waals surface area contributed by atoms with Gasteiger partial charge in [-0.15, -0.1) is 0 Å². The van der Waals surface area contributed by atoms with Gasteiger partial charge >= 0.3 is 7.60 Å². The van der Waals surface area contributed by atoms with Crippen LogP contribution in [0.25, 0.3) is 0 Å². The first kappa shape index (κ1) is 19.1. The van der Waals surface area contributed by atoms with Crippen molar-refractivity contribution in [2.24, 2.45) is 0 Å². The fraction of sp³-hybridized carbons (Fsp3) is 0.600. The van der Waals surface area contributed by atoms with E-state index in [0.29, 0.717) is 11.3 Å². The molecule has 0 aromatic heterocycles. The number of hydrogen-bond acceptors (Lipinski definition) is 6. The Bertz CT molecular complexity index is 485. The van der Waals surface area contributed by atoms with Crippen LogP contribution in [0, 0.1) is 0 Å². The maximum Gasteiger partial charge on any atom is 0.362 e. The quantitative estimate of drug-likeness (QED) is 0.712. The van der Waals surface area contributed by atoms with E-state index in [-0.39, 0.29) is 0 Å². The minimum Gasteiger partial charge on any atom is -0.497 e. The van der Waals surface area contributed by atoms with Gasteiger partial charge in [0, 0.05) is 0 Å². The monoisotopic (exact) mass is 332 g/mol. The highest BCUT2D eigenvalue weighted by atomic mass is 31.2. The molecule has 2 N–H and O–H groups in total. The number of aliphatic hydroxyl groups excluding tert-OH is 2. The Kier molecular flexibility index (Phi) is 7.03. The summed E-state index contributed by atoms with van der Waals surface area (Å²) >= 11 is 0. The lowest BCUT2D eigenvalue weighted by atomic mass is 10.1. The minimum atomic E-state index is -3.89. The first-order valence-electron chi connectivity index (χ1n) is 7.16. The third-order valence-electron chi connectivity index (χ3n) is 2.78. The maximum atomic E-state index is 12.8. The molecule has 0 saturated carbocycles. The predicted molar refractivity (Wildman–Crippen MR) is 84.0 cm³/mol. The second-order valence-electron chi connectivity index (χ2n) is 5.48. The third-order valence-corrected chi connectivity index (χ3v) is 5.14. The normalized spacial score (nSPS) is 15.1. The largest absolute Gasteiger partial charge is 0.497 e. The Morgan fingerprint density at radius 3 is 1.77 bits per heavy atom. The highest BCUT2D eigenvalue weighted by molar-refractivity contribution is 7.54. The van der Waals surface area contributed by atoms with E-state index in [1.807, 2.05) is 0 Å². The number of rotatable bonds is 8. The van der Waals surface area contributed by atoms with Gasteiger partial charge in [0.25, 0.3) is 0 Å². The summed E-state index contributed by atoms with van der Waals surface area (Å²) in [7, 11) is -2.36. The highest BCUT2D eigenvalue weighted by Crippen LogP contribution is 2.57. The SMILES string of the molecule is COc1ccc([C@H](O)[C@H](O)P(=O)(OC(C)C)OC(C)C)cc1. The molecule has 6 nitrogen and oxygen atoms in total. The van der Waals surface area contributed by atoms with Gasteiger partial charge in [-0.05, 0) is 45.4 Å². The van der Waals surface area contributed by atoms with Gasteiger partial charge in [0.15, 0.2) is 5.85 Å². The molecule has 0 aliphatic carbocycles. The van der Waals surface area contributed by atoms with Gasteiger partial charge in [0.1, 0.15) is 11.9 Å². The van der Waals surface area contributed by atoms with Crippen molar-refractivity contribution in [2.45, 2.75) is 51.9 Å². The number of hydrogen-bond donors (Lipinski definition) is 2. The van der Waals surface area contributed by atoms with E-state index in [0.717, 1.165) is 0 Å². The molecule has 0 aliphatic heterocycles. The van der Waals surface area contributed by atoms with Gasteiger partial charge in [-0.2, -0.15) is 0 Å². The molecule has 0 bridgehead atoms. The summed E-state index contributed by atoms with van der Waals surface area (Å²) in [5.74, 6) is -1.06. The average Bonchev–Trinajstić information content (AvgIpc) is 2.44. The molecular weight excluding hydrogens is 307 g/mol. The molecule has 0 unspecified atom stereocenters. The van der Waals surface area contributed by atoms with Gasteiger partial charge < -0.3 is 24.0 Å². The van der Waals surface area contributed by atoms with Crippen molar-refractivity contribution in [3.8, 4) is 5.75 Å². The number of benzene rings is 1. The predicted octanol–water partition coefficient (Wildman–Crippen LogP) is 3.09. The first-order valence-corrected chi connectivity index (χ1v) is 8.77. The van der Waals surface area contributed by atoms with Crippen LogP contribution >= 0.6 is 7.60 Å². The van der Waals surface area contributed by atoms with Crippen molar-refractivity contribution < 1.29 is 28.6 Å². The zero-order valence-corrected chi connectivity index (χ0v) is 14.5. The van der Waals surface area contributed by atoms with Crippen molar-refractivity contribution in [3.63, 3.8) is 0 Å². The summed E-state index contributed by atoms with van der Waals surface area (Å²) in [6.45, 7) is 6.73. The summed E-state index contributed by atoms with van der Waals surface area (Å²) in [5.41, 5.74) is 0.397. The van der Waals surface area contributed by atoms with E-state index >= 15 is 0 Å². The molecule has 0 amide bonds. The molecule has 0 heterocycles. The summed E-state index contributed by atoms with van der Waals surface area (Å²) in [6.07, 6.45) is -2.22. The summed E-state index contributed by atoms with van der Waals surface area (Å²) in [5, 5.41) is 20.6. The van der Waals surface area contributed by atoms with E-state index in [1.165, 1.54) is 7.11 Å². The lowest BCUT2D eigenvalue weighted by Gasteiger charge is -2.29. The third kappa shape index (κ3) is 5.07. The van der Waals surface area contributed by atoms with Gasteiger partial charge in [-0.3, -0.25) is 4.57 Å². The Morgan fingerprint density at radius 2 is 1.41 bits per heavy atom. The van der Waals surface area contributed by atoms with E-state index in [2.05, 4.69) is 0 Å². The summed E-state index contributed by atoms with van der Waals surface area (Å²) < 4.78 is 28.4. The maximum absolute atomic E-state index is 12.8. The van der Waals surface area contributed by atoms with Crippen molar-refractivity contribution in [3.05, 3.63) is 29.8 Å². The number of ether oxygens (including phenoxy) is 1. The zero-order chi connectivity index (χ0) is 16.9. The van der Waals surface area contributed by atoms with Gasteiger partial charge in [0.2, 0.25) is 0 Å². The van der Waals surface area contributed by atoms with Gasteiger partial charge in [-0.1, -0.05) is 12.1 Å². The highest BCUT2D eigenvalue weighted by Gasteiger charge is 2.42. The molecule has 0 saturated heterocycles. The van der Waals surface area contributed by atoms with Crippen LogP contribution < -0.4 is 4.74 Å². The lowest BCUT2D eigenvalue weighted by Crippen LogP contribution is -2.24. The molecule has 126 valence electrons. The topological polar surface area (TPSA) is 85.2 Å². The zero-order valence-electron chi connectivity index (χ0n) is 13.6. The van der Waals surface area contributed by atoms with Crippen molar-refractivity contribution in [1.29, 1.82) is 0 Å². The van der Waals surface area contributed by atoms with Crippen molar-refractivity contribution >= 4 is 7.60 Å². The molecule has 22 heavy (non-hydrogen) atoms. The molecule has 1 rings (SSSR count). The molecule has 7 heteroatoms. The standard InChI is InChI=1S/C15H25O6P/c1-10(2)20-22(18,21-11(3)4)15(17)14(16)12-6-8-13(19-5)9-7-12/h6-11,14-17H,1-5H3/t14-,15+/m0/s1. The lowest BCUT2D eigenvalue weighted by molar-refractivity contribution is 0.0277. The molecule has 0 aliphatic rings. The van der Waals surface area contributed by atoms with Crippen LogP contribution in [-0.2, 0) is 13.6 Å². The number of methoxy groups -OCH3 is 1. The minimum absolute atomic E-state index is 0.397. The Morgan fingerprint density at radius 1 is 0.955 bits per heavy atom. The van der Waals surface area contributed by atoms with Crippen LogP contribution in [0.1, 0.15) is 39.4 Å². The second kappa shape index (κ2) is 8.09. The van der Waals surface area contributed by atoms with E-state index in [9.17, 15) is 14.8 Å². The van der Waals surface area contributed by atoms with Crippen LogP contribution in [-0.4, -0.2) is 35.4 Å². The van der Waals surface area contributed by atoms with Crippen LogP contribution in [0.5, 0.6) is 5.75 Å². The summed E-state index contributed by atoms with van der Waals surface area (Å²) in [6, 6.07) is 6.45. The Balaban J connectivity index is 3.00. The van der Waals surface area contributed by atoms with Crippen LogP contribution in [0.2, 0.25) is 0 Å². The Hall–Kier alpha value is -0.910. The van der Waals surface area contributed by atoms with Crippen LogP contribution in [0.4, 0.5) is 0 Å². The smallest absolute Gasteiger partial charge is 0.362 e. The van der Waals surface area contributed by atoms with Crippen LogP contribution in [0.15, 0.2) is 24.3 Å². The van der Waals surface area contributed by atoms with Crippen LogP contribution in [0.3, 0.4) is 0 Å². The molecular formula is C15H25O6P. The molecule has 0 radical (unpaired) electrons. The van der Waals surface area contributed by atoms with Crippen molar-refractivity contribution in [1.82, 2.24) is 0 Å². The second-order valence-corrected chi connectivity index (χ2v) is 7.51. The fourth-order valence-corrected chi connectivity index (χ4v) is 3.88. The molecule has 1 aromatic carbocycles. The first-order chi connectivity index (χ1) is 10.2. The van der Waals surface area contributed by atoms with E-state index in [4.69, 9.17) is 13.8 Å². The van der Waals surface area contributed by atoms with Gasteiger partial charge in [-0.25, -0.2) is 0 Å². The molecule has 0 spiro atoms. The molecule has 0 fully saturated rings. The molecule has 2 atom stereocenters.